The molecule has 3 rings (SSSR count). The number of guanidine groups is 1. The second-order valence-corrected chi connectivity index (χ2v) is 4.64. The Kier molecular flexibility index (Phi) is 3.02. The van der Waals surface area contributed by atoms with Crippen LogP contribution in [0.25, 0.3) is 0 Å². The zero-order valence-electron chi connectivity index (χ0n) is 10.4. The number of nitrogens with one attached hydrogen (secondary N) is 1. The highest BCUT2D eigenvalue weighted by Gasteiger charge is 2.27. The number of aliphatic hydroxyl groups excluding tert-OH is 1. The average Bonchev–Trinajstić information content (AvgIpc) is 2.87. The number of rotatable bonds is 2. The molecule has 0 saturated carbocycles. The van der Waals surface area contributed by atoms with Crippen LogP contribution in [0.15, 0.2) is 17.2 Å². The summed E-state index contributed by atoms with van der Waals surface area (Å²) in [7, 11) is 0. The molecule has 0 amide bonds. The smallest absolute Gasteiger partial charge is 0.248 e. The normalized spacial score (nSPS) is 17.1. The molecule has 19 heavy (non-hydrogen) atoms. The van der Waals surface area contributed by atoms with Gasteiger partial charge in [0.15, 0.2) is 0 Å². The van der Waals surface area contributed by atoms with Crippen molar-refractivity contribution in [3.8, 4) is 0 Å². The SMILES string of the molecule is OCCNC1=NN(O)c2cc3c(cc2N1O)CCC3. The summed E-state index contributed by atoms with van der Waals surface area (Å²) in [5.74, 6) is 0.0852. The van der Waals surface area contributed by atoms with E-state index in [-0.39, 0.29) is 19.1 Å². The van der Waals surface area contributed by atoms with Gasteiger partial charge in [-0.15, -0.1) is 10.3 Å². The molecule has 0 fully saturated rings. The second-order valence-electron chi connectivity index (χ2n) is 4.64. The van der Waals surface area contributed by atoms with Gasteiger partial charge in [0, 0.05) is 6.54 Å². The summed E-state index contributed by atoms with van der Waals surface area (Å²) in [5, 5.41) is 37.0. The molecule has 0 bridgehead atoms. The summed E-state index contributed by atoms with van der Waals surface area (Å²) < 4.78 is 0. The molecule has 0 atom stereocenters. The maximum Gasteiger partial charge on any atom is 0.248 e. The molecule has 102 valence electrons. The Morgan fingerprint density at radius 3 is 2.53 bits per heavy atom. The minimum Gasteiger partial charge on any atom is -0.395 e. The topological polar surface area (TPSA) is 91.6 Å². The maximum atomic E-state index is 10.1. The van der Waals surface area contributed by atoms with E-state index in [1.54, 1.807) is 0 Å². The van der Waals surface area contributed by atoms with E-state index in [1.807, 2.05) is 12.1 Å². The van der Waals surface area contributed by atoms with Gasteiger partial charge < -0.3 is 10.4 Å². The van der Waals surface area contributed by atoms with Crippen LogP contribution in [0, 0.1) is 0 Å². The Morgan fingerprint density at radius 1 is 1.16 bits per heavy atom. The first kappa shape index (κ1) is 12.2. The van der Waals surface area contributed by atoms with Crippen molar-refractivity contribution in [1.82, 2.24) is 5.32 Å². The Hall–Kier alpha value is -1.83. The number of hydrazone groups is 1. The maximum absolute atomic E-state index is 10.1. The molecule has 1 aliphatic heterocycles. The summed E-state index contributed by atoms with van der Waals surface area (Å²) in [5.41, 5.74) is 3.32. The van der Waals surface area contributed by atoms with Crippen LogP contribution in [0.3, 0.4) is 0 Å². The summed E-state index contributed by atoms with van der Waals surface area (Å²) in [4.78, 5) is 0. The zero-order valence-corrected chi connectivity index (χ0v) is 10.4. The van der Waals surface area contributed by atoms with Gasteiger partial charge in [-0.1, -0.05) is 0 Å². The second kappa shape index (κ2) is 4.69. The quantitative estimate of drug-likeness (QED) is 0.619. The monoisotopic (exact) mass is 264 g/mol. The van der Waals surface area contributed by atoms with E-state index in [2.05, 4.69) is 10.4 Å². The first-order valence-corrected chi connectivity index (χ1v) is 6.28. The number of fused-ring (bicyclic) bond motifs is 2. The number of benzene rings is 1. The first-order valence-electron chi connectivity index (χ1n) is 6.28. The van der Waals surface area contributed by atoms with E-state index in [9.17, 15) is 10.4 Å². The Bertz CT molecular complexity index is 532. The number of hydroxylamine groups is 1. The molecule has 0 aromatic heterocycles. The van der Waals surface area contributed by atoms with Crippen LogP contribution in [-0.4, -0.2) is 34.6 Å². The lowest BCUT2D eigenvalue weighted by molar-refractivity contribution is 0.241. The van der Waals surface area contributed by atoms with Crippen molar-refractivity contribution in [2.24, 2.45) is 5.10 Å². The largest absolute Gasteiger partial charge is 0.395 e. The van der Waals surface area contributed by atoms with E-state index < -0.39 is 0 Å². The number of anilines is 2. The van der Waals surface area contributed by atoms with Gasteiger partial charge in [0.05, 0.1) is 6.61 Å². The molecule has 0 spiro atoms. The third kappa shape index (κ3) is 2.01. The van der Waals surface area contributed by atoms with Gasteiger partial charge in [0.2, 0.25) is 5.96 Å². The molecule has 0 unspecified atom stereocenters. The highest BCUT2D eigenvalue weighted by molar-refractivity contribution is 6.00. The highest BCUT2D eigenvalue weighted by atomic mass is 16.5. The lowest BCUT2D eigenvalue weighted by atomic mass is 10.1. The molecule has 1 aliphatic carbocycles. The molecule has 0 radical (unpaired) electrons. The van der Waals surface area contributed by atoms with Crippen molar-refractivity contribution >= 4 is 17.3 Å². The third-order valence-electron chi connectivity index (χ3n) is 3.42. The van der Waals surface area contributed by atoms with Crippen LogP contribution in [0.2, 0.25) is 0 Å². The van der Waals surface area contributed by atoms with Gasteiger partial charge >= 0.3 is 0 Å². The van der Waals surface area contributed by atoms with Gasteiger partial charge in [-0.05, 0) is 42.5 Å². The Balaban J connectivity index is 1.97. The van der Waals surface area contributed by atoms with Crippen molar-refractivity contribution in [3.63, 3.8) is 0 Å². The summed E-state index contributed by atoms with van der Waals surface area (Å²) in [6.07, 6.45) is 3.06. The molecule has 4 N–H and O–H groups in total. The fourth-order valence-corrected chi connectivity index (χ4v) is 2.51. The van der Waals surface area contributed by atoms with Crippen molar-refractivity contribution < 1.29 is 15.5 Å². The molecular weight excluding hydrogens is 248 g/mol. The summed E-state index contributed by atoms with van der Waals surface area (Å²) in [6, 6.07) is 3.73. The molecule has 7 heteroatoms. The van der Waals surface area contributed by atoms with Gasteiger partial charge in [-0.3, -0.25) is 10.4 Å². The molecule has 1 heterocycles. The van der Waals surface area contributed by atoms with Crippen LogP contribution in [-0.2, 0) is 12.8 Å². The minimum atomic E-state index is -0.0880. The summed E-state index contributed by atoms with van der Waals surface area (Å²) in [6.45, 7) is 0.152. The fourth-order valence-electron chi connectivity index (χ4n) is 2.51. The predicted octanol–water partition coefficient (Wildman–Crippen LogP) is 0.433. The van der Waals surface area contributed by atoms with Gasteiger partial charge in [-0.2, -0.15) is 5.06 Å². The van der Waals surface area contributed by atoms with Crippen molar-refractivity contribution in [3.05, 3.63) is 23.3 Å². The molecule has 7 nitrogen and oxygen atoms in total. The van der Waals surface area contributed by atoms with Gasteiger partial charge in [0.25, 0.3) is 0 Å². The average molecular weight is 264 g/mol. The van der Waals surface area contributed by atoms with E-state index in [0.717, 1.165) is 29.5 Å². The van der Waals surface area contributed by atoms with Crippen LogP contribution >= 0.6 is 0 Å². The Morgan fingerprint density at radius 2 is 1.84 bits per heavy atom. The molecular formula is C12H16N4O3. The molecule has 1 aromatic carbocycles. The zero-order chi connectivity index (χ0) is 13.4. The van der Waals surface area contributed by atoms with Gasteiger partial charge in [0.1, 0.15) is 11.4 Å². The number of aliphatic hydroxyl groups is 1. The van der Waals surface area contributed by atoms with Crippen molar-refractivity contribution in [1.29, 1.82) is 0 Å². The molecule has 1 aromatic rings. The molecule has 0 saturated heterocycles. The number of nitrogens with zero attached hydrogens (tertiary/aromatic N) is 3. The predicted molar refractivity (Wildman–Crippen MR) is 69.5 cm³/mol. The van der Waals surface area contributed by atoms with Crippen LogP contribution in [0.1, 0.15) is 17.5 Å². The minimum absolute atomic E-state index is 0.0852. The van der Waals surface area contributed by atoms with Crippen molar-refractivity contribution in [2.75, 3.05) is 23.4 Å². The van der Waals surface area contributed by atoms with Crippen LogP contribution in [0.4, 0.5) is 11.4 Å². The standard InChI is InChI=1S/C12H16N4O3/c17-5-4-13-12-14-16(19)11-7-9-3-1-2-8(9)6-10(11)15(12)18/h6-7,17-19H,1-5H2,(H,13,14). The number of hydrogen-bond acceptors (Lipinski definition) is 7. The number of hydrogen-bond donors (Lipinski definition) is 4. The van der Waals surface area contributed by atoms with E-state index >= 15 is 0 Å². The first-order chi connectivity index (χ1) is 9.20. The van der Waals surface area contributed by atoms with Crippen LogP contribution in [0.5, 0.6) is 0 Å². The van der Waals surface area contributed by atoms with E-state index in [1.165, 1.54) is 11.1 Å². The number of aryl methyl sites for hydroxylation is 2. The lowest BCUT2D eigenvalue weighted by Gasteiger charge is -2.29. The van der Waals surface area contributed by atoms with Crippen LogP contribution < -0.4 is 15.6 Å². The fraction of sp³-hybridized carbons (Fsp3) is 0.417. The lowest BCUT2D eigenvalue weighted by Crippen LogP contribution is -2.45. The van der Waals surface area contributed by atoms with E-state index in [0.29, 0.717) is 11.4 Å². The summed E-state index contributed by atoms with van der Waals surface area (Å²) >= 11 is 0. The van der Waals surface area contributed by atoms with E-state index in [4.69, 9.17) is 5.11 Å². The third-order valence-corrected chi connectivity index (χ3v) is 3.42. The van der Waals surface area contributed by atoms with Crippen molar-refractivity contribution in [2.45, 2.75) is 19.3 Å². The Labute approximate surface area is 110 Å². The molecule has 2 aliphatic rings. The highest BCUT2D eigenvalue weighted by Crippen LogP contribution is 2.37. The van der Waals surface area contributed by atoms with Gasteiger partial charge in [-0.25, -0.2) is 0 Å².